The zero-order valence-electron chi connectivity index (χ0n) is 12.2. The molecule has 1 fully saturated rings. The van der Waals surface area contributed by atoms with Gasteiger partial charge >= 0.3 is 18.0 Å². The number of carboxylic acid groups (broad SMARTS) is 1. The number of carbonyl (C=O) groups is 3. The number of hydrogen-bond donors (Lipinski definition) is 1. The molecule has 0 bridgehead atoms. The van der Waals surface area contributed by atoms with Gasteiger partial charge in [-0.3, -0.25) is 9.69 Å². The molecule has 0 saturated carbocycles. The molecule has 0 unspecified atom stereocenters. The van der Waals surface area contributed by atoms with Gasteiger partial charge in [-0.2, -0.15) is 0 Å². The van der Waals surface area contributed by atoms with Crippen molar-refractivity contribution < 1.29 is 29.0 Å². The highest BCUT2D eigenvalue weighted by molar-refractivity contribution is 5.81. The first kappa shape index (κ1) is 16.3. The quantitative estimate of drug-likeness (QED) is 0.785. The normalized spacial score (nSPS) is 22.5. The highest BCUT2D eigenvalue weighted by Crippen LogP contribution is 2.28. The van der Waals surface area contributed by atoms with Crippen LogP contribution < -0.4 is 0 Å². The summed E-state index contributed by atoms with van der Waals surface area (Å²) in [6.07, 6.45) is -0.347. The second-order valence-corrected chi connectivity index (χ2v) is 5.87. The van der Waals surface area contributed by atoms with Crippen molar-refractivity contribution in [3.63, 3.8) is 0 Å². The van der Waals surface area contributed by atoms with E-state index >= 15 is 0 Å². The molecule has 2 atom stereocenters. The summed E-state index contributed by atoms with van der Waals surface area (Å²) in [5.74, 6) is -1.73. The largest absolute Gasteiger partial charge is 0.480 e. The van der Waals surface area contributed by atoms with Gasteiger partial charge < -0.3 is 14.6 Å². The molecule has 0 aromatic rings. The third-order valence-electron chi connectivity index (χ3n) is 2.98. The number of likely N-dealkylation sites (tertiary alicyclic amines) is 1. The Morgan fingerprint density at radius 3 is 2.35 bits per heavy atom. The molecular weight excluding hydrogens is 266 g/mol. The second kappa shape index (κ2) is 6.11. The van der Waals surface area contributed by atoms with Crippen molar-refractivity contribution in [2.24, 2.45) is 5.92 Å². The summed E-state index contributed by atoms with van der Waals surface area (Å²) in [5, 5.41) is 9.17. The van der Waals surface area contributed by atoms with E-state index in [9.17, 15) is 19.5 Å². The smallest absolute Gasteiger partial charge is 0.411 e. The Morgan fingerprint density at radius 1 is 1.30 bits per heavy atom. The SMILES string of the molecule is COC(=O)C[C@@H]1C[C@H](C(=O)O)N(C(=O)OC(C)(C)C)C1. The summed E-state index contributed by atoms with van der Waals surface area (Å²) < 4.78 is 9.75. The molecule has 20 heavy (non-hydrogen) atoms. The molecule has 1 heterocycles. The molecule has 7 nitrogen and oxygen atoms in total. The van der Waals surface area contributed by atoms with Gasteiger partial charge in [0.05, 0.1) is 13.5 Å². The van der Waals surface area contributed by atoms with Gasteiger partial charge in [0.2, 0.25) is 0 Å². The van der Waals surface area contributed by atoms with Crippen LogP contribution in [0, 0.1) is 5.92 Å². The van der Waals surface area contributed by atoms with Crippen LogP contribution in [0.15, 0.2) is 0 Å². The molecule has 114 valence electrons. The Kier molecular flexibility index (Phi) is 4.97. The highest BCUT2D eigenvalue weighted by Gasteiger charge is 2.42. The maximum atomic E-state index is 12.0. The maximum absolute atomic E-state index is 12.0. The molecule has 0 radical (unpaired) electrons. The minimum Gasteiger partial charge on any atom is -0.480 e. The van der Waals surface area contributed by atoms with E-state index in [1.165, 1.54) is 12.0 Å². The second-order valence-electron chi connectivity index (χ2n) is 5.87. The predicted molar refractivity (Wildman–Crippen MR) is 69.1 cm³/mol. The number of amides is 1. The van der Waals surface area contributed by atoms with Gasteiger partial charge in [0.15, 0.2) is 0 Å². The van der Waals surface area contributed by atoms with Crippen LogP contribution in [0.5, 0.6) is 0 Å². The Hall–Kier alpha value is -1.79. The molecule has 1 saturated heterocycles. The van der Waals surface area contributed by atoms with Crippen LogP contribution in [-0.2, 0) is 19.1 Å². The average Bonchev–Trinajstić information content (AvgIpc) is 2.70. The van der Waals surface area contributed by atoms with E-state index in [1.807, 2.05) is 0 Å². The van der Waals surface area contributed by atoms with Gasteiger partial charge in [-0.25, -0.2) is 9.59 Å². The van der Waals surface area contributed by atoms with Crippen LogP contribution in [0.4, 0.5) is 4.79 Å². The third kappa shape index (κ3) is 4.40. The number of carboxylic acids is 1. The summed E-state index contributed by atoms with van der Waals surface area (Å²) >= 11 is 0. The van der Waals surface area contributed by atoms with Crippen molar-refractivity contribution >= 4 is 18.0 Å². The van der Waals surface area contributed by atoms with E-state index in [2.05, 4.69) is 4.74 Å². The van der Waals surface area contributed by atoms with Crippen molar-refractivity contribution in [2.45, 2.75) is 45.3 Å². The lowest BCUT2D eigenvalue weighted by Crippen LogP contribution is -2.43. The van der Waals surface area contributed by atoms with Crippen LogP contribution in [0.25, 0.3) is 0 Å². The van der Waals surface area contributed by atoms with Gasteiger partial charge in [-0.05, 0) is 33.1 Å². The number of carbonyl (C=O) groups excluding carboxylic acids is 2. The van der Waals surface area contributed by atoms with Crippen molar-refractivity contribution in [3.8, 4) is 0 Å². The minimum atomic E-state index is -1.09. The van der Waals surface area contributed by atoms with Gasteiger partial charge in [0.25, 0.3) is 0 Å². The van der Waals surface area contributed by atoms with Crippen LogP contribution in [0.3, 0.4) is 0 Å². The van der Waals surface area contributed by atoms with Crippen LogP contribution in [-0.4, -0.2) is 53.3 Å². The molecule has 1 N–H and O–H groups in total. The lowest BCUT2D eigenvalue weighted by atomic mass is 10.0. The summed E-state index contributed by atoms with van der Waals surface area (Å²) in [6, 6.07) is -0.959. The fraction of sp³-hybridized carbons (Fsp3) is 0.769. The molecule has 1 aliphatic heterocycles. The molecule has 0 aromatic carbocycles. The number of nitrogens with zero attached hydrogens (tertiary/aromatic N) is 1. The topological polar surface area (TPSA) is 93.1 Å². The number of rotatable bonds is 3. The molecule has 0 spiro atoms. The zero-order valence-corrected chi connectivity index (χ0v) is 12.2. The molecule has 1 aliphatic rings. The number of hydrogen-bond acceptors (Lipinski definition) is 5. The third-order valence-corrected chi connectivity index (χ3v) is 2.98. The lowest BCUT2D eigenvalue weighted by molar-refractivity contribution is -0.143. The molecule has 7 heteroatoms. The Balaban J connectivity index is 2.75. The average molecular weight is 287 g/mol. The van der Waals surface area contributed by atoms with Crippen LogP contribution in [0.2, 0.25) is 0 Å². The Morgan fingerprint density at radius 2 is 1.90 bits per heavy atom. The summed E-state index contributed by atoms with van der Waals surface area (Å²) in [7, 11) is 1.28. The molecule has 1 amide bonds. The van der Waals surface area contributed by atoms with E-state index in [0.29, 0.717) is 0 Å². The lowest BCUT2D eigenvalue weighted by Gasteiger charge is -2.26. The van der Waals surface area contributed by atoms with Gasteiger partial charge in [-0.1, -0.05) is 0 Å². The van der Waals surface area contributed by atoms with E-state index in [-0.39, 0.29) is 25.3 Å². The van der Waals surface area contributed by atoms with Crippen molar-refractivity contribution in [1.82, 2.24) is 4.90 Å². The number of esters is 1. The number of aliphatic carboxylic acids is 1. The Labute approximate surface area is 117 Å². The first-order chi connectivity index (χ1) is 9.14. The van der Waals surface area contributed by atoms with Crippen molar-refractivity contribution in [3.05, 3.63) is 0 Å². The summed E-state index contributed by atoms with van der Waals surface area (Å²) in [6.45, 7) is 5.31. The predicted octanol–water partition coefficient (Wildman–Crippen LogP) is 1.26. The van der Waals surface area contributed by atoms with E-state index in [0.717, 1.165) is 0 Å². The van der Waals surface area contributed by atoms with Gasteiger partial charge in [0, 0.05) is 6.54 Å². The summed E-state index contributed by atoms with van der Waals surface area (Å²) in [4.78, 5) is 35.6. The monoisotopic (exact) mass is 287 g/mol. The number of ether oxygens (including phenoxy) is 2. The van der Waals surface area contributed by atoms with E-state index < -0.39 is 29.7 Å². The number of methoxy groups -OCH3 is 1. The van der Waals surface area contributed by atoms with E-state index in [4.69, 9.17) is 4.74 Å². The fourth-order valence-corrected chi connectivity index (χ4v) is 2.15. The van der Waals surface area contributed by atoms with Crippen molar-refractivity contribution in [1.29, 1.82) is 0 Å². The Bertz CT molecular complexity index is 400. The van der Waals surface area contributed by atoms with Gasteiger partial charge in [0.1, 0.15) is 11.6 Å². The van der Waals surface area contributed by atoms with E-state index in [1.54, 1.807) is 20.8 Å². The first-order valence-corrected chi connectivity index (χ1v) is 6.43. The molecule has 0 aliphatic carbocycles. The molecular formula is C13H21NO6. The highest BCUT2D eigenvalue weighted by atomic mass is 16.6. The standard InChI is InChI=1S/C13H21NO6/c1-13(2,3)20-12(18)14-7-8(6-10(15)19-4)5-9(14)11(16)17/h8-9H,5-7H2,1-4H3,(H,16,17)/t8-,9+/m0/s1. The minimum absolute atomic E-state index is 0.0968. The van der Waals surface area contributed by atoms with Crippen LogP contribution in [0.1, 0.15) is 33.6 Å². The zero-order chi connectivity index (χ0) is 15.5. The maximum Gasteiger partial charge on any atom is 0.411 e. The van der Waals surface area contributed by atoms with Gasteiger partial charge in [-0.15, -0.1) is 0 Å². The molecule has 1 rings (SSSR count). The fourth-order valence-electron chi connectivity index (χ4n) is 2.15. The summed E-state index contributed by atoms with van der Waals surface area (Å²) in [5.41, 5.74) is -0.694. The van der Waals surface area contributed by atoms with Crippen LogP contribution >= 0.6 is 0 Å². The van der Waals surface area contributed by atoms with Crippen molar-refractivity contribution in [2.75, 3.05) is 13.7 Å². The first-order valence-electron chi connectivity index (χ1n) is 6.43. The molecule has 0 aromatic heterocycles.